The molecule has 1 amide bonds. The Morgan fingerprint density at radius 2 is 2.06 bits per heavy atom. The molecule has 176 valence electrons. The molecule has 0 saturated carbocycles. The van der Waals surface area contributed by atoms with Crippen LogP contribution in [0.3, 0.4) is 0 Å². The molecule has 1 aromatic carbocycles. The van der Waals surface area contributed by atoms with E-state index in [1.807, 2.05) is 19.9 Å². The zero-order chi connectivity index (χ0) is 24.7. The van der Waals surface area contributed by atoms with Crippen molar-refractivity contribution >= 4 is 17.6 Å². The van der Waals surface area contributed by atoms with Crippen molar-refractivity contribution in [3.8, 4) is 17.7 Å². The van der Waals surface area contributed by atoms with E-state index in [9.17, 15) is 19.2 Å². The van der Waals surface area contributed by atoms with E-state index < -0.39 is 17.3 Å². The summed E-state index contributed by atoms with van der Waals surface area (Å²) in [5, 5.41) is 12.2. The molecule has 0 aliphatic rings. The number of nitriles is 1. The first kappa shape index (κ1) is 24.6. The van der Waals surface area contributed by atoms with Gasteiger partial charge in [-0.3, -0.25) is 14.0 Å². The van der Waals surface area contributed by atoms with Gasteiger partial charge < -0.3 is 14.8 Å². The summed E-state index contributed by atoms with van der Waals surface area (Å²) in [5.41, 5.74) is -0.0266. The van der Waals surface area contributed by atoms with Crippen LogP contribution in [0.4, 0.5) is 4.39 Å². The monoisotopic (exact) mass is 464 g/mol. The Morgan fingerprint density at radius 1 is 1.29 bits per heavy atom. The highest BCUT2D eigenvalue weighted by atomic mass is 19.1. The van der Waals surface area contributed by atoms with Crippen LogP contribution in [0.25, 0.3) is 11.7 Å². The Balaban J connectivity index is 2.00. The molecule has 34 heavy (non-hydrogen) atoms. The van der Waals surface area contributed by atoms with Gasteiger partial charge in [-0.2, -0.15) is 10.2 Å². The lowest BCUT2D eigenvalue weighted by molar-refractivity contribution is -0.117. The van der Waals surface area contributed by atoms with Crippen molar-refractivity contribution in [2.45, 2.75) is 33.3 Å². The van der Waals surface area contributed by atoms with E-state index in [4.69, 9.17) is 9.47 Å². The van der Waals surface area contributed by atoms with Crippen LogP contribution in [0.5, 0.6) is 11.6 Å². The Bertz CT molecular complexity index is 1320. The number of amides is 1. The number of rotatable bonds is 9. The molecule has 0 fully saturated rings. The predicted molar refractivity (Wildman–Crippen MR) is 125 cm³/mol. The summed E-state index contributed by atoms with van der Waals surface area (Å²) in [6, 6.07) is 10.9. The van der Waals surface area contributed by atoms with E-state index in [1.165, 1.54) is 28.8 Å². The molecule has 0 atom stereocenters. The van der Waals surface area contributed by atoms with Gasteiger partial charge in [0.05, 0.1) is 6.10 Å². The highest BCUT2D eigenvalue weighted by molar-refractivity contribution is 6.01. The third-order valence-corrected chi connectivity index (χ3v) is 4.80. The van der Waals surface area contributed by atoms with E-state index in [0.717, 1.165) is 6.08 Å². The summed E-state index contributed by atoms with van der Waals surface area (Å²) in [5.74, 6) is -1.66. The number of carbonyl (C=O) groups excluding carboxylic acids is 1. The largest absolute Gasteiger partial charge is 0.435 e. The Labute approximate surface area is 196 Å². The van der Waals surface area contributed by atoms with Gasteiger partial charge in [-0.05, 0) is 57.0 Å². The maximum atomic E-state index is 14.2. The Hall–Kier alpha value is -4.03. The van der Waals surface area contributed by atoms with Crippen molar-refractivity contribution < 1.29 is 18.7 Å². The Morgan fingerprint density at radius 3 is 2.76 bits per heavy atom. The minimum absolute atomic E-state index is 0.0788. The second-order valence-corrected chi connectivity index (χ2v) is 7.75. The average Bonchev–Trinajstić information content (AvgIpc) is 2.80. The molecule has 2 aromatic heterocycles. The molecule has 3 aromatic rings. The van der Waals surface area contributed by atoms with E-state index in [-0.39, 0.29) is 35.4 Å². The third-order valence-electron chi connectivity index (χ3n) is 4.80. The number of fused-ring (bicyclic) bond motifs is 1. The molecular weight excluding hydrogens is 439 g/mol. The first-order chi connectivity index (χ1) is 16.3. The number of nitrogens with one attached hydrogen (secondary N) is 1. The molecule has 0 radical (unpaired) electrons. The smallest absolute Gasteiger partial charge is 0.269 e. The molecule has 0 aliphatic carbocycles. The topological polar surface area (TPSA) is 106 Å². The Kier molecular flexibility index (Phi) is 8.11. The molecule has 0 bridgehead atoms. The average molecular weight is 464 g/mol. The van der Waals surface area contributed by atoms with Gasteiger partial charge in [0, 0.05) is 19.3 Å². The number of carbonyl (C=O) groups is 1. The van der Waals surface area contributed by atoms with Gasteiger partial charge in [-0.25, -0.2) is 4.39 Å². The zero-order valence-corrected chi connectivity index (χ0v) is 19.2. The summed E-state index contributed by atoms with van der Waals surface area (Å²) < 4.78 is 26.6. The van der Waals surface area contributed by atoms with Crippen LogP contribution in [0.1, 0.15) is 31.4 Å². The molecule has 0 saturated heterocycles. The van der Waals surface area contributed by atoms with Crippen molar-refractivity contribution in [1.29, 1.82) is 5.26 Å². The summed E-state index contributed by atoms with van der Waals surface area (Å²) >= 11 is 0. The SMILES string of the molecule is Cc1cccn2c(=O)c(/C=C(\C#N)C(=O)NCCCOC(C)C)c(Oc3ccccc3F)nc12. The van der Waals surface area contributed by atoms with Crippen LogP contribution in [0.2, 0.25) is 0 Å². The number of nitrogens with zero attached hydrogens (tertiary/aromatic N) is 3. The van der Waals surface area contributed by atoms with Crippen LogP contribution >= 0.6 is 0 Å². The molecule has 0 spiro atoms. The van der Waals surface area contributed by atoms with Gasteiger partial charge in [-0.1, -0.05) is 18.2 Å². The summed E-state index contributed by atoms with van der Waals surface area (Å²) in [6.45, 7) is 6.33. The molecular formula is C25H25FN4O4. The molecule has 2 heterocycles. The highest BCUT2D eigenvalue weighted by Crippen LogP contribution is 2.26. The number of hydrogen-bond donors (Lipinski definition) is 1. The fourth-order valence-corrected chi connectivity index (χ4v) is 3.11. The van der Waals surface area contributed by atoms with Crippen LogP contribution in [0, 0.1) is 24.1 Å². The third kappa shape index (κ3) is 5.85. The first-order valence-electron chi connectivity index (χ1n) is 10.8. The van der Waals surface area contributed by atoms with Crippen LogP contribution in [-0.2, 0) is 9.53 Å². The second-order valence-electron chi connectivity index (χ2n) is 7.75. The van der Waals surface area contributed by atoms with Crippen molar-refractivity contribution in [3.05, 3.63) is 75.5 Å². The van der Waals surface area contributed by atoms with Crippen molar-refractivity contribution in [1.82, 2.24) is 14.7 Å². The number of benzene rings is 1. The van der Waals surface area contributed by atoms with Gasteiger partial charge in [0.2, 0.25) is 5.88 Å². The standard InChI is InChI=1S/C25H25FN4O4/c1-16(2)33-13-7-11-28-23(31)18(15-27)14-19-24(34-21-10-5-4-9-20(21)26)29-22-17(3)8-6-12-30(22)25(19)32/h4-6,8-10,12,14,16H,7,11,13H2,1-3H3,(H,28,31)/b18-14+. The normalized spacial score (nSPS) is 11.5. The lowest BCUT2D eigenvalue weighted by Crippen LogP contribution is -2.27. The van der Waals surface area contributed by atoms with Gasteiger partial charge >= 0.3 is 0 Å². The van der Waals surface area contributed by atoms with Gasteiger partial charge in [0.15, 0.2) is 11.6 Å². The molecule has 1 N–H and O–H groups in total. The zero-order valence-electron chi connectivity index (χ0n) is 19.2. The molecule has 0 unspecified atom stereocenters. The fourth-order valence-electron chi connectivity index (χ4n) is 3.11. The molecule has 3 rings (SSSR count). The lowest BCUT2D eigenvalue weighted by atomic mass is 10.1. The number of aryl methyl sites for hydroxylation is 1. The summed E-state index contributed by atoms with van der Waals surface area (Å²) in [4.78, 5) is 30.2. The minimum atomic E-state index is -0.655. The first-order valence-corrected chi connectivity index (χ1v) is 10.8. The van der Waals surface area contributed by atoms with Crippen LogP contribution in [-0.4, -0.2) is 34.5 Å². The van der Waals surface area contributed by atoms with Crippen LogP contribution in [0.15, 0.2) is 53.0 Å². The van der Waals surface area contributed by atoms with Crippen molar-refractivity contribution in [2.75, 3.05) is 13.2 Å². The minimum Gasteiger partial charge on any atom is -0.435 e. The molecule has 8 nitrogen and oxygen atoms in total. The maximum absolute atomic E-state index is 14.2. The number of pyridine rings is 1. The predicted octanol–water partition coefficient (Wildman–Crippen LogP) is 3.77. The highest BCUT2D eigenvalue weighted by Gasteiger charge is 2.19. The molecule has 0 aliphatic heterocycles. The summed E-state index contributed by atoms with van der Waals surface area (Å²) in [6.07, 6.45) is 3.27. The number of hydrogen-bond acceptors (Lipinski definition) is 6. The van der Waals surface area contributed by atoms with E-state index in [0.29, 0.717) is 24.2 Å². The number of halogens is 1. The van der Waals surface area contributed by atoms with Crippen molar-refractivity contribution in [3.63, 3.8) is 0 Å². The van der Waals surface area contributed by atoms with Gasteiger partial charge in [0.25, 0.3) is 11.5 Å². The second kappa shape index (κ2) is 11.2. The van der Waals surface area contributed by atoms with Crippen molar-refractivity contribution in [2.24, 2.45) is 0 Å². The van der Waals surface area contributed by atoms with Gasteiger partial charge in [0.1, 0.15) is 22.9 Å². The fraction of sp³-hybridized carbons (Fsp3) is 0.280. The molecule has 9 heteroatoms. The summed E-state index contributed by atoms with van der Waals surface area (Å²) in [7, 11) is 0. The van der Waals surface area contributed by atoms with E-state index in [1.54, 1.807) is 25.1 Å². The number of ether oxygens (including phenoxy) is 2. The lowest BCUT2D eigenvalue weighted by Gasteiger charge is -2.12. The number of para-hydroxylation sites is 1. The maximum Gasteiger partial charge on any atom is 0.269 e. The van der Waals surface area contributed by atoms with E-state index in [2.05, 4.69) is 10.3 Å². The van der Waals surface area contributed by atoms with Crippen LogP contribution < -0.4 is 15.6 Å². The number of aromatic nitrogens is 2. The van der Waals surface area contributed by atoms with E-state index >= 15 is 0 Å². The quantitative estimate of drug-likeness (QED) is 0.294. The van der Waals surface area contributed by atoms with Gasteiger partial charge in [-0.15, -0.1) is 0 Å².